The number of ketones is 2. The van der Waals surface area contributed by atoms with E-state index in [-0.39, 0.29) is 48.9 Å². The van der Waals surface area contributed by atoms with E-state index in [0.29, 0.717) is 54.5 Å². The van der Waals surface area contributed by atoms with E-state index in [0.717, 1.165) is 26.2 Å². The second-order valence-electron chi connectivity index (χ2n) is 14.4. The molecule has 0 bridgehead atoms. The van der Waals surface area contributed by atoms with Gasteiger partial charge in [0.1, 0.15) is 11.6 Å². The highest BCUT2D eigenvalue weighted by Gasteiger charge is 2.28. The highest BCUT2D eigenvalue weighted by molar-refractivity contribution is 5.99. The van der Waals surface area contributed by atoms with Crippen molar-refractivity contribution in [1.29, 1.82) is 0 Å². The molecule has 324 valence electrons. The van der Waals surface area contributed by atoms with E-state index in [1.54, 1.807) is 39.0 Å². The molecule has 15 nitrogen and oxygen atoms in total. The number of halogens is 4. The number of anilines is 2. The Bertz CT molecular complexity index is 2100. The number of carbonyl (C=O) groups is 5. The monoisotopic (exact) mass is 848 g/mol. The lowest BCUT2D eigenvalue weighted by Crippen LogP contribution is -2.52. The average Bonchev–Trinajstić information content (AvgIpc) is 3.27. The smallest absolute Gasteiger partial charge is 0.324 e. The highest BCUT2D eigenvalue weighted by atomic mass is 19.3. The molecule has 3 N–H and O–H groups in total. The van der Waals surface area contributed by atoms with Crippen molar-refractivity contribution in [2.75, 3.05) is 89.3 Å². The topological polar surface area (TPSA) is 169 Å². The van der Waals surface area contributed by atoms with Gasteiger partial charge in [-0.25, -0.2) is 18.4 Å². The van der Waals surface area contributed by atoms with E-state index in [1.807, 2.05) is 19.4 Å². The number of nitrogens with two attached hydrogens (primary N) is 1. The van der Waals surface area contributed by atoms with Crippen LogP contribution in [0, 0.1) is 11.6 Å². The van der Waals surface area contributed by atoms with E-state index in [2.05, 4.69) is 19.8 Å². The minimum absolute atomic E-state index is 0.0768. The van der Waals surface area contributed by atoms with Crippen molar-refractivity contribution in [3.05, 3.63) is 119 Å². The van der Waals surface area contributed by atoms with Crippen LogP contribution in [0.3, 0.4) is 0 Å². The number of pyridine rings is 2. The van der Waals surface area contributed by atoms with E-state index in [4.69, 9.17) is 5.73 Å². The van der Waals surface area contributed by atoms with Gasteiger partial charge >= 0.3 is 18.5 Å². The summed E-state index contributed by atoms with van der Waals surface area (Å²) in [7, 11) is 4.00. The van der Waals surface area contributed by atoms with Crippen LogP contribution < -0.4 is 20.9 Å². The number of rotatable bonds is 12. The van der Waals surface area contributed by atoms with Crippen LogP contribution in [0.15, 0.2) is 85.2 Å². The summed E-state index contributed by atoms with van der Waals surface area (Å²) >= 11 is 0. The van der Waals surface area contributed by atoms with Crippen LogP contribution in [0.4, 0.5) is 38.5 Å². The number of carbonyl (C=O) groups excluding carboxylic acids is 5. The number of hydrogen-bond donors (Lipinski definition) is 2. The minimum Gasteiger partial charge on any atom is -0.344 e. The van der Waals surface area contributed by atoms with Crippen LogP contribution in [0.2, 0.25) is 0 Å². The SMILES string of the molecule is CN1CCN(C(=O)N(Cc2ccc(C(=O)CN)cn2)c2ccc(F)cc2)CC1.CN1CCN(C(=O)N(Cc2ccc(C(=O)CNC(=O)C(F)F)cn2)c2ccc(F)cc2)CC1. The molecule has 6 rings (SSSR count). The molecule has 0 spiro atoms. The normalized spacial score (nSPS) is 14.5. The van der Waals surface area contributed by atoms with Gasteiger partial charge in [0.2, 0.25) is 0 Å². The Morgan fingerprint density at radius 1 is 0.623 bits per heavy atom. The first-order chi connectivity index (χ1) is 29.2. The first-order valence-electron chi connectivity index (χ1n) is 19.5. The Morgan fingerprint density at radius 3 is 1.36 bits per heavy atom. The minimum atomic E-state index is -3.20. The summed E-state index contributed by atoms with van der Waals surface area (Å²) in [5.74, 6) is -3.08. The zero-order valence-corrected chi connectivity index (χ0v) is 33.9. The second kappa shape index (κ2) is 21.8. The van der Waals surface area contributed by atoms with E-state index >= 15 is 0 Å². The number of benzene rings is 2. The number of nitrogens with zero attached hydrogens (tertiary/aromatic N) is 8. The maximum Gasteiger partial charge on any atom is 0.324 e. The maximum absolute atomic E-state index is 13.4. The Kier molecular flexibility index (Phi) is 16.4. The van der Waals surface area contributed by atoms with Crippen LogP contribution in [-0.2, 0) is 17.9 Å². The molecule has 0 saturated carbocycles. The number of aromatic nitrogens is 2. The molecule has 5 amide bonds. The van der Waals surface area contributed by atoms with Crippen molar-refractivity contribution in [2.24, 2.45) is 5.73 Å². The molecule has 0 radical (unpaired) electrons. The lowest BCUT2D eigenvalue weighted by Gasteiger charge is -2.36. The Morgan fingerprint density at radius 2 is 1.02 bits per heavy atom. The molecule has 0 atom stereocenters. The van der Waals surface area contributed by atoms with E-state index < -0.39 is 30.5 Å². The fourth-order valence-corrected chi connectivity index (χ4v) is 6.27. The van der Waals surface area contributed by atoms with Crippen molar-refractivity contribution >= 4 is 40.9 Å². The van der Waals surface area contributed by atoms with Crippen LogP contribution >= 0.6 is 0 Å². The average molecular weight is 849 g/mol. The molecule has 2 aromatic heterocycles. The lowest BCUT2D eigenvalue weighted by atomic mass is 10.1. The van der Waals surface area contributed by atoms with Gasteiger partial charge in [0.15, 0.2) is 11.6 Å². The molecule has 2 fully saturated rings. The van der Waals surface area contributed by atoms with Gasteiger partial charge in [-0.2, -0.15) is 8.78 Å². The van der Waals surface area contributed by atoms with Gasteiger partial charge in [-0.05, 0) is 86.9 Å². The quantitative estimate of drug-likeness (QED) is 0.158. The molecule has 0 aliphatic carbocycles. The molecule has 2 aromatic carbocycles. The Labute approximate surface area is 350 Å². The number of amides is 5. The summed E-state index contributed by atoms with van der Waals surface area (Å²) in [5, 5.41) is 1.85. The van der Waals surface area contributed by atoms with Crippen molar-refractivity contribution in [3.8, 4) is 0 Å². The fraction of sp³-hybridized carbons (Fsp3) is 0.357. The third-order valence-electron chi connectivity index (χ3n) is 10.0. The molecule has 4 aromatic rings. The predicted octanol–water partition coefficient (Wildman–Crippen LogP) is 3.89. The van der Waals surface area contributed by atoms with Crippen molar-refractivity contribution in [1.82, 2.24) is 34.9 Å². The molecule has 0 unspecified atom stereocenters. The van der Waals surface area contributed by atoms with Crippen molar-refractivity contribution in [3.63, 3.8) is 0 Å². The summed E-state index contributed by atoms with van der Waals surface area (Å²) < 4.78 is 51.3. The number of urea groups is 2. The fourth-order valence-electron chi connectivity index (χ4n) is 6.27. The Hall–Kier alpha value is -6.31. The molecule has 4 heterocycles. The summed E-state index contributed by atoms with van der Waals surface area (Å²) in [5.41, 5.74) is 8.12. The van der Waals surface area contributed by atoms with Gasteiger partial charge in [-0.1, -0.05) is 0 Å². The van der Waals surface area contributed by atoms with Crippen LogP contribution in [0.5, 0.6) is 0 Å². The summed E-state index contributed by atoms with van der Waals surface area (Å²) in [6.07, 6.45) is -0.475. The van der Waals surface area contributed by atoms with Gasteiger partial charge in [-0.15, -0.1) is 0 Å². The highest BCUT2D eigenvalue weighted by Crippen LogP contribution is 2.22. The number of Topliss-reactive ketones (excluding diaryl/α,β-unsaturated/α-hetero) is 2. The zero-order valence-electron chi connectivity index (χ0n) is 33.9. The van der Waals surface area contributed by atoms with Crippen LogP contribution in [0.1, 0.15) is 32.1 Å². The summed E-state index contributed by atoms with van der Waals surface area (Å²) in [4.78, 5) is 80.4. The molecule has 19 heteroatoms. The molecule has 2 aliphatic heterocycles. The summed E-state index contributed by atoms with van der Waals surface area (Å²) in [6, 6.07) is 17.3. The molecular weight excluding hydrogens is 801 g/mol. The largest absolute Gasteiger partial charge is 0.344 e. The molecule has 2 saturated heterocycles. The second-order valence-corrected chi connectivity index (χ2v) is 14.4. The maximum atomic E-state index is 13.4. The summed E-state index contributed by atoms with van der Waals surface area (Å²) in [6.45, 7) is 5.08. The van der Waals surface area contributed by atoms with Gasteiger partial charge in [0.05, 0.1) is 37.6 Å². The Balaban J connectivity index is 0.000000234. The number of alkyl halides is 2. The van der Waals surface area contributed by atoms with Crippen molar-refractivity contribution in [2.45, 2.75) is 19.5 Å². The first-order valence-corrected chi connectivity index (χ1v) is 19.5. The zero-order chi connectivity index (χ0) is 44.1. The molecular formula is C42H48F4N10O5. The number of hydrogen-bond acceptors (Lipinski definition) is 10. The standard InChI is InChI=1S/C22H24F3N5O3.C20H24FN5O2/c1-28-8-10-29(11-9-28)22(33)30(18-6-3-16(23)4-7-18)14-17-5-2-15(12-26-17)19(31)13-27-21(32)20(24)25;1-24-8-10-25(11-9-24)20(28)26(18-6-3-16(21)4-7-18)14-17-5-2-15(13-23-17)19(27)12-22/h2-7,12,20H,8-11,13-14H2,1H3,(H,27,32);2-7,13H,8-12,14,22H2,1H3. The molecule has 61 heavy (non-hydrogen) atoms. The van der Waals surface area contributed by atoms with E-state index in [9.17, 15) is 41.5 Å². The van der Waals surface area contributed by atoms with Gasteiger partial charge in [0, 0.05) is 87.3 Å². The first kappa shape index (κ1) is 45.8. The lowest BCUT2D eigenvalue weighted by molar-refractivity contribution is -0.131. The number of likely N-dealkylation sites (N-methyl/N-ethyl adjacent to an activating group) is 2. The van der Waals surface area contributed by atoms with Crippen LogP contribution in [-0.4, -0.2) is 145 Å². The van der Waals surface area contributed by atoms with Gasteiger partial charge in [0.25, 0.3) is 5.91 Å². The van der Waals surface area contributed by atoms with Gasteiger partial charge < -0.3 is 30.7 Å². The van der Waals surface area contributed by atoms with Gasteiger partial charge in [-0.3, -0.25) is 34.2 Å². The van der Waals surface area contributed by atoms with Crippen molar-refractivity contribution < 1.29 is 41.5 Å². The predicted molar refractivity (Wildman–Crippen MR) is 219 cm³/mol. The van der Waals surface area contributed by atoms with Crippen LogP contribution in [0.25, 0.3) is 0 Å². The number of nitrogens with one attached hydrogen (secondary N) is 1. The third kappa shape index (κ3) is 13.1. The number of piperazine rings is 2. The third-order valence-corrected chi connectivity index (χ3v) is 10.0. The molecule has 2 aliphatic rings. The van der Waals surface area contributed by atoms with E-state index in [1.165, 1.54) is 65.8 Å².